The van der Waals surface area contributed by atoms with Gasteiger partial charge in [-0.25, -0.2) is 8.42 Å². The summed E-state index contributed by atoms with van der Waals surface area (Å²) in [5, 5.41) is 3.56. The molecule has 3 aromatic carbocycles. The van der Waals surface area contributed by atoms with Gasteiger partial charge in [0, 0.05) is 12.6 Å². The molecule has 0 fully saturated rings. The first-order valence-corrected chi connectivity index (χ1v) is 15.2. The molecule has 0 bridgehead atoms. The predicted octanol–water partition coefficient (Wildman–Crippen LogP) is 6.14. The largest absolute Gasteiger partial charge is 0.352 e. The molecule has 0 unspecified atom stereocenters. The molecule has 7 nitrogen and oxygen atoms in total. The molecule has 3 aromatic rings. The SMILES string of the molecule is CC[C@H](C(=O)NC(C)C)N(Cc1ccc(Cl)c(Cl)c1)C(=O)CN(c1ccc(C)cc1C)S(=O)(=O)c1ccccc1. The topological polar surface area (TPSA) is 86.8 Å². The first-order valence-electron chi connectivity index (χ1n) is 13.0. The van der Waals surface area contributed by atoms with Gasteiger partial charge in [-0.2, -0.15) is 0 Å². The summed E-state index contributed by atoms with van der Waals surface area (Å²) < 4.78 is 29.0. The molecule has 214 valence electrons. The standard InChI is InChI=1S/C30H35Cl2N3O4S/c1-6-27(30(37)33-20(2)3)34(18-23-13-14-25(31)26(32)17-23)29(36)19-35(28-15-12-21(4)16-22(28)5)40(38,39)24-10-8-7-9-11-24/h7-17,20,27H,6,18-19H2,1-5H3,(H,33,37)/t27-/m1/s1. The van der Waals surface area contributed by atoms with Gasteiger partial charge in [0.1, 0.15) is 12.6 Å². The molecule has 1 N–H and O–H groups in total. The van der Waals surface area contributed by atoms with Crippen LogP contribution in [-0.4, -0.2) is 43.8 Å². The maximum atomic E-state index is 14.1. The van der Waals surface area contributed by atoms with Gasteiger partial charge in [0.25, 0.3) is 10.0 Å². The second-order valence-electron chi connectivity index (χ2n) is 9.97. The molecule has 3 rings (SSSR count). The van der Waals surface area contributed by atoms with Crippen molar-refractivity contribution in [3.63, 3.8) is 0 Å². The highest BCUT2D eigenvalue weighted by atomic mass is 35.5. The normalized spacial score (nSPS) is 12.2. The monoisotopic (exact) mass is 603 g/mol. The summed E-state index contributed by atoms with van der Waals surface area (Å²) in [5.41, 5.74) is 2.70. The highest BCUT2D eigenvalue weighted by Gasteiger charge is 2.34. The maximum Gasteiger partial charge on any atom is 0.264 e. The third-order valence-corrected chi connectivity index (χ3v) is 8.90. The molecule has 10 heteroatoms. The number of hydrogen-bond donors (Lipinski definition) is 1. The second kappa shape index (κ2) is 13.5. The number of nitrogens with one attached hydrogen (secondary N) is 1. The molecule has 40 heavy (non-hydrogen) atoms. The molecular weight excluding hydrogens is 569 g/mol. The average Bonchev–Trinajstić information content (AvgIpc) is 2.89. The van der Waals surface area contributed by atoms with Crippen molar-refractivity contribution in [3.8, 4) is 0 Å². The lowest BCUT2D eigenvalue weighted by Gasteiger charge is -2.34. The molecule has 0 aliphatic heterocycles. The maximum absolute atomic E-state index is 14.1. The Kier molecular flexibility index (Phi) is 10.6. The minimum absolute atomic E-state index is 0.0336. The summed E-state index contributed by atoms with van der Waals surface area (Å²) in [7, 11) is -4.13. The van der Waals surface area contributed by atoms with Crippen molar-refractivity contribution < 1.29 is 18.0 Å². The van der Waals surface area contributed by atoms with Gasteiger partial charge in [0.15, 0.2) is 0 Å². The molecule has 0 radical (unpaired) electrons. The third kappa shape index (κ3) is 7.56. The van der Waals surface area contributed by atoms with E-state index in [-0.39, 0.29) is 23.4 Å². The quantitative estimate of drug-likeness (QED) is 0.285. The molecular formula is C30H35Cl2N3O4S. The predicted molar refractivity (Wildman–Crippen MR) is 161 cm³/mol. The number of hydrogen-bond acceptors (Lipinski definition) is 4. The van der Waals surface area contributed by atoms with E-state index in [0.717, 1.165) is 9.87 Å². The van der Waals surface area contributed by atoms with Crippen LogP contribution in [0.25, 0.3) is 0 Å². The fourth-order valence-electron chi connectivity index (χ4n) is 4.45. The van der Waals surface area contributed by atoms with Crippen LogP contribution >= 0.6 is 23.2 Å². The van der Waals surface area contributed by atoms with Gasteiger partial charge in [-0.3, -0.25) is 13.9 Å². The van der Waals surface area contributed by atoms with Crippen molar-refractivity contribution in [2.45, 2.75) is 64.6 Å². The lowest BCUT2D eigenvalue weighted by molar-refractivity contribution is -0.140. The van der Waals surface area contributed by atoms with Crippen LogP contribution in [-0.2, 0) is 26.2 Å². The van der Waals surface area contributed by atoms with E-state index in [4.69, 9.17) is 23.2 Å². The zero-order valence-electron chi connectivity index (χ0n) is 23.3. The van der Waals surface area contributed by atoms with Crippen LogP contribution in [0, 0.1) is 13.8 Å². The minimum atomic E-state index is -4.13. The van der Waals surface area contributed by atoms with Crippen molar-refractivity contribution in [1.82, 2.24) is 10.2 Å². The highest BCUT2D eigenvalue weighted by Crippen LogP contribution is 2.29. The Balaban J connectivity index is 2.10. The molecule has 0 saturated heterocycles. The average molecular weight is 605 g/mol. The fourth-order valence-corrected chi connectivity index (χ4v) is 6.27. The van der Waals surface area contributed by atoms with Crippen molar-refractivity contribution in [2.75, 3.05) is 10.8 Å². The van der Waals surface area contributed by atoms with E-state index < -0.39 is 28.5 Å². The third-order valence-electron chi connectivity index (χ3n) is 6.38. The van der Waals surface area contributed by atoms with Gasteiger partial charge in [-0.15, -0.1) is 0 Å². The summed E-state index contributed by atoms with van der Waals surface area (Å²) in [6.07, 6.45) is 0.320. The van der Waals surface area contributed by atoms with Crippen LogP contribution in [0.1, 0.15) is 43.9 Å². The number of carbonyl (C=O) groups excluding carboxylic acids is 2. The number of rotatable bonds is 11. The lowest BCUT2D eigenvalue weighted by atomic mass is 10.1. The zero-order valence-corrected chi connectivity index (χ0v) is 25.6. The van der Waals surface area contributed by atoms with Crippen molar-refractivity contribution in [2.24, 2.45) is 0 Å². The summed E-state index contributed by atoms with van der Waals surface area (Å²) in [5.74, 6) is -0.855. The van der Waals surface area contributed by atoms with Gasteiger partial charge in [-0.05, 0) is 75.6 Å². The lowest BCUT2D eigenvalue weighted by Crippen LogP contribution is -2.53. The van der Waals surface area contributed by atoms with Crippen LogP contribution in [0.2, 0.25) is 10.0 Å². The molecule has 0 heterocycles. The Bertz CT molecular complexity index is 1460. The van der Waals surface area contributed by atoms with Crippen LogP contribution in [0.15, 0.2) is 71.6 Å². The van der Waals surface area contributed by atoms with Crippen molar-refractivity contribution in [3.05, 3.63) is 93.5 Å². The Morgan fingerprint density at radius 2 is 1.60 bits per heavy atom. The van der Waals surface area contributed by atoms with Crippen LogP contribution in [0.5, 0.6) is 0 Å². The first kappa shape index (κ1) is 31.5. The van der Waals surface area contributed by atoms with Crippen molar-refractivity contribution in [1.29, 1.82) is 0 Å². The Morgan fingerprint density at radius 3 is 2.17 bits per heavy atom. The number of anilines is 1. The summed E-state index contributed by atoms with van der Waals surface area (Å²) in [6.45, 7) is 8.73. The number of amides is 2. The summed E-state index contributed by atoms with van der Waals surface area (Å²) in [4.78, 5) is 28.8. The van der Waals surface area contributed by atoms with E-state index in [1.807, 2.05) is 33.8 Å². The van der Waals surface area contributed by atoms with E-state index in [1.54, 1.807) is 55.5 Å². The minimum Gasteiger partial charge on any atom is -0.352 e. The van der Waals surface area contributed by atoms with E-state index in [9.17, 15) is 18.0 Å². The van der Waals surface area contributed by atoms with Crippen LogP contribution < -0.4 is 9.62 Å². The molecule has 0 spiro atoms. The summed E-state index contributed by atoms with van der Waals surface area (Å²) in [6, 6.07) is 17.4. The molecule has 2 amide bonds. The highest BCUT2D eigenvalue weighted by molar-refractivity contribution is 7.92. The van der Waals surface area contributed by atoms with E-state index >= 15 is 0 Å². The zero-order chi connectivity index (χ0) is 29.6. The number of carbonyl (C=O) groups is 2. The van der Waals surface area contributed by atoms with Crippen LogP contribution in [0.3, 0.4) is 0 Å². The Hall–Kier alpha value is -3.07. The van der Waals surface area contributed by atoms with E-state index in [0.29, 0.717) is 33.3 Å². The molecule has 0 saturated carbocycles. The molecule has 0 aromatic heterocycles. The molecule has 1 atom stereocenters. The van der Waals surface area contributed by atoms with Gasteiger partial charge < -0.3 is 10.2 Å². The van der Waals surface area contributed by atoms with Gasteiger partial charge in [0.2, 0.25) is 11.8 Å². The Morgan fingerprint density at radius 1 is 0.925 bits per heavy atom. The van der Waals surface area contributed by atoms with Gasteiger partial charge in [-0.1, -0.05) is 72.1 Å². The number of nitrogens with zero attached hydrogens (tertiary/aromatic N) is 2. The second-order valence-corrected chi connectivity index (χ2v) is 12.6. The molecule has 0 aliphatic carbocycles. The number of sulfonamides is 1. The number of halogens is 2. The Labute approximate surface area is 247 Å². The number of aryl methyl sites for hydroxylation is 2. The van der Waals surface area contributed by atoms with E-state index in [2.05, 4.69) is 5.32 Å². The van der Waals surface area contributed by atoms with E-state index in [1.165, 1.54) is 17.0 Å². The smallest absolute Gasteiger partial charge is 0.264 e. The van der Waals surface area contributed by atoms with Crippen LogP contribution in [0.4, 0.5) is 5.69 Å². The van der Waals surface area contributed by atoms with Crippen molar-refractivity contribution >= 4 is 50.7 Å². The fraction of sp³-hybridized carbons (Fsp3) is 0.333. The van der Waals surface area contributed by atoms with Gasteiger partial charge >= 0.3 is 0 Å². The first-order chi connectivity index (χ1) is 18.8. The number of benzene rings is 3. The summed E-state index contributed by atoms with van der Waals surface area (Å²) >= 11 is 12.3. The van der Waals surface area contributed by atoms with Gasteiger partial charge in [0.05, 0.1) is 20.6 Å². The molecule has 0 aliphatic rings.